The highest BCUT2D eigenvalue weighted by Gasteiger charge is 2.03. The van der Waals surface area contributed by atoms with Crippen molar-refractivity contribution in [3.8, 4) is 0 Å². The van der Waals surface area contributed by atoms with Crippen molar-refractivity contribution < 1.29 is 5.11 Å². The Hall–Kier alpha value is -0.800. The number of hydrogen-bond acceptors (Lipinski definition) is 2. The number of hydrogen-bond donors (Lipinski definition) is 2. The maximum Gasteiger partial charge on any atom is 0.0690 e. The van der Waals surface area contributed by atoms with Crippen molar-refractivity contribution in [3.63, 3.8) is 0 Å². The monoisotopic (exact) mass is 210 g/mol. The van der Waals surface area contributed by atoms with Gasteiger partial charge in [-0.1, -0.05) is 13.8 Å². The van der Waals surface area contributed by atoms with Gasteiger partial charge in [-0.05, 0) is 31.5 Å². The molecule has 0 aromatic carbocycles. The van der Waals surface area contributed by atoms with Gasteiger partial charge in [-0.3, -0.25) is 0 Å². The fourth-order valence-electron chi connectivity index (χ4n) is 1.56. The van der Waals surface area contributed by atoms with Crippen LogP contribution in [0.25, 0.3) is 0 Å². The lowest BCUT2D eigenvalue weighted by molar-refractivity contribution is 0.172. The van der Waals surface area contributed by atoms with E-state index >= 15 is 0 Å². The topological polar surface area (TPSA) is 37.2 Å². The van der Waals surface area contributed by atoms with E-state index in [1.54, 1.807) is 0 Å². The van der Waals surface area contributed by atoms with Gasteiger partial charge in [-0.25, -0.2) is 0 Å². The van der Waals surface area contributed by atoms with Crippen LogP contribution in [0.3, 0.4) is 0 Å². The highest BCUT2D eigenvalue weighted by molar-refractivity contribution is 5.07. The molecule has 0 aliphatic carbocycles. The molecule has 0 saturated heterocycles. The van der Waals surface area contributed by atoms with Crippen LogP contribution in [0.5, 0.6) is 0 Å². The summed E-state index contributed by atoms with van der Waals surface area (Å²) in [6.07, 6.45) is 1.72. The molecule has 0 radical (unpaired) electrons. The molecular weight excluding hydrogens is 188 g/mol. The predicted octanol–water partition coefficient (Wildman–Crippen LogP) is 1.61. The number of nitrogens with one attached hydrogen (secondary N) is 1. The van der Waals surface area contributed by atoms with Crippen LogP contribution in [-0.2, 0) is 13.1 Å². The smallest absolute Gasteiger partial charge is 0.0690 e. The second-order valence-electron chi connectivity index (χ2n) is 4.53. The van der Waals surface area contributed by atoms with Crippen LogP contribution in [-0.4, -0.2) is 22.3 Å². The van der Waals surface area contributed by atoms with Crippen molar-refractivity contribution in [2.75, 3.05) is 6.54 Å². The highest BCUT2D eigenvalue weighted by Crippen LogP contribution is 2.03. The second kappa shape index (κ2) is 5.93. The zero-order valence-corrected chi connectivity index (χ0v) is 9.90. The van der Waals surface area contributed by atoms with E-state index in [9.17, 15) is 5.11 Å². The van der Waals surface area contributed by atoms with Gasteiger partial charge in [0.2, 0.25) is 0 Å². The molecule has 3 nitrogen and oxygen atoms in total. The summed E-state index contributed by atoms with van der Waals surface area (Å²) in [7, 11) is 0. The number of aliphatic hydroxyl groups excluding tert-OH is 1. The van der Waals surface area contributed by atoms with Gasteiger partial charge in [0.1, 0.15) is 0 Å². The van der Waals surface area contributed by atoms with Crippen LogP contribution in [0.15, 0.2) is 18.3 Å². The zero-order chi connectivity index (χ0) is 11.3. The second-order valence-corrected chi connectivity index (χ2v) is 4.53. The number of nitrogens with zero attached hydrogens (tertiary/aromatic N) is 1. The third kappa shape index (κ3) is 4.49. The van der Waals surface area contributed by atoms with E-state index in [2.05, 4.69) is 29.8 Å². The molecule has 1 aromatic rings. The molecule has 0 saturated carbocycles. The summed E-state index contributed by atoms with van der Waals surface area (Å²) >= 11 is 0. The molecule has 1 heterocycles. The third-order valence-corrected chi connectivity index (χ3v) is 2.24. The van der Waals surface area contributed by atoms with Gasteiger partial charge in [-0.2, -0.15) is 0 Å². The Morgan fingerprint density at radius 3 is 2.73 bits per heavy atom. The van der Waals surface area contributed by atoms with Crippen LogP contribution >= 0.6 is 0 Å². The largest absolute Gasteiger partial charge is 0.392 e. The lowest BCUT2D eigenvalue weighted by Crippen LogP contribution is -2.22. The standard InChI is InChI=1S/C12H22N2O/c1-10(2)7-13-8-12-5-4-6-14(12)9-11(3)15/h4-6,10-11,13,15H,7-9H2,1-3H3. The molecule has 1 unspecified atom stereocenters. The summed E-state index contributed by atoms with van der Waals surface area (Å²) in [6, 6.07) is 4.12. The minimum atomic E-state index is -0.291. The highest BCUT2D eigenvalue weighted by atomic mass is 16.3. The van der Waals surface area contributed by atoms with Crippen molar-refractivity contribution in [3.05, 3.63) is 24.0 Å². The maximum atomic E-state index is 9.32. The third-order valence-electron chi connectivity index (χ3n) is 2.24. The molecule has 0 aliphatic heterocycles. The van der Waals surface area contributed by atoms with Crippen LogP contribution in [0.2, 0.25) is 0 Å². The Balaban J connectivity index is 2.43. The molecular formula is C12H22N2O. The summed E-state index contributed by atoms with van der Waals surface area (Å²) in [5.74, 6) is 0.671. The van der Waals surface area contributed by atoms with E-state index < -0.39 is 0 Å². The first-order chi connectivity index (χ1) is 7.09. The Morgan fingerprint density at radius 2 is 2.13 bits per heavy atom. The number of aromatic nitrogens is 1. The summed E-state index contributed by atoms with van der Waals surface area (Å²) in [5, 5.41) is 12.7. The Kier molecular flexibility index (Phi) is 4.85. The maximum absolute atomic E-state index is 9.32. The van der Waals surface area contributed by atoms with Gasteiger partial charge >= 0.3 is 0 Å². The molecule has 1 atom stereocenters. The average Bonchev–Trinajstić information content (AvgIpc) is 2.51. The summed E-state index contributed by atoms with van der Waals surface area (Å²) in [6.45, 7) is 8.78. The molecule has 0 fully saturated rings. The first kappa shape index (κ1) is 12.3. The fourth-order valence-corrected chi connectivity index (χ4v) is 1.56. The average molecular weight is 210 g/mol. The Bertz CT molecular complexity index is 279. The first-order valence-electron chi connectivity index (χ1n) is 5.62. The first-order valence-corrected chi connectivity index (χ1v) is 5.62. The molecule has 0 bridgehead atoms. The van der Waals surface area contributed by atoms with E-state index in [4.69, 9.17) is 0 Å². The van der Waals surface area contributed by atoms with E-state index in [1.165, 1.54) is 5.69 Å². The molecule has 2 N–H and O–H groups in total. The SMILES string of the molecule is CC(C)CNCc1cccn1CC(C)O. The Labute approximate surface area is 92.1 Å². The van der Waals surface area contributed by atoms with Crippen molar-refractivity contribution in [2.24, 2.45) is 5.92 Å². The van der Waals surface area contributed by atoms with E-state index in [0.717, 1.165) is 13.1 Å². The van der Waals surface area contributed by atoms with Gasteiger partial charge in [0.15, 0.2) is 0 Å². The zero-order valence-electron chi connectivity index (χ0n) is 9.90. The van der Waals surface area contributed by atoms with Gasteiger partial charge in [-0.15, -0.1) is 0 Å². The number of rotatable bonds is 6. The molecule has 15 heavy (non-hydrogen) atoms. The summed E-state index contributed by atoms with van der Waals surface area (Å²) in [4.78, 5) is 0. The van der Waals surface area contributed by atoms with Crippen LogP contribution in [0.4, 0.5) is 0 Å². The molecule has 86 valence electrons. The molecule has 0 spiro atoms. The number of aliphatic hydroxyl groups is 1. The van der Waals surface area contributed by atoms with Gasteiger partial charge < -0.3 is 15.0 Å². The molecule has 0 amide bonds. The van der Waals surface area contributed by atoms with Crippen molar-refractivity contribution in [2.45, 2.75) is 40.0 Å². The molecule has 1 rings (SSSR count). The van der Waals surface area contributed by atoms with Crippen molar-refractivity contribution in [1.82, 2.24) is 9.88 Å². The molecule has 1 aromatic heterocycles. The molecule has 0 aliphatic rings. The van der Waals surface area contributed by atoms with Crippen LogP contribution < -0.4 is 5.32 Å². The minimum Gasteiger partial charge on any atom is -0.392 e. The van der Waals surface area contributed by atoms with Gasteiger partial charge in [0.05, 0.1) is 6.10 Å². The lowest BCUT2D eigenvalue weighted by Gasteiger charge is -2.12. The predicted molar refractivity (Wildman–Crippen MR) is 62.7 cm³/mol. The van der Waals surface area contributed by atoms with E-state index in [0.29, 0.717) is 12.5 Å². The normalized spacial score (nSPS) is 13.4. The van der Waals surface area contributed by atoms with E-state index in [1.807, 2.05) is 19.2 Å². The van der Waals surface area contributed by atoms with Crippen molar-refractivity contribution in [1.29, 1.82) is 0 Å². The van der Waals surface area contributed by atoms with E-state index in [-0.39, 0.29) is 6.10 Å². The van der Waals surface area contributed by atoms with Crippen LogP contribution in [0.1, 0.15) is 26.5 Å². The lowest BCUT2D eigenvalue weighted by atomic mass is 10.2. The van der Waals surface area contributed by atoms with Crippen LogP contribution in [0, 0.1) is 5.92 Å². The van der Waals surface area contributed by atoms with Gasteiger partial charge in [0.25, 0.3) is 0 Å². The Morgan fingerprint density at radius 1 is 1.40 bits per heavy atom. The quantitative estimate of drug-likeness (QED) is 0.748. The molecule has 3 heteroatoms. The van der Waals surface area contributed by atoms with Gasteiger partial charge in [0, 0.05) is 25.0 Å². The minimum absolute atomic E-state index is 0.291. The summed E-state index contributed by atoms with van der Waals surface area (Å²) < 4.78 is 2.10. The fraction of sp³-hybridized carbons (Fsp3) is 0.667. The summed E-state index contributed by atoms with van der Waals surface area (Å²) in [5.41, 5.74) is 1.23. The van der Waals surface area contributed by atoms with Crippen molar-refractivity contribution >= 4 is 0 Å².